The van der Waals surface area contributed by atoms with Gasteiger partial charge in [0.25, 0.3) is 0 Å². The third kappa shape index (κ3) is 2.04. The van der Waals surface area contributed by atoms with Gasteiger partial charge in [0, 0.05) is 7.05 Å². The Kier molecular flexibility index (Phi) is 3.14. The number of nitrogens with two attached hydrogens (primary N) is 1. The number of rotatable bonds is 2. The van der Waals surface area contributed by atoms with Gasteiger partial charge in [0.05, 0.1) is 5.56 Å². The number of aryl methyl sites for hydroxylation is 2. The summed E-state index contributed by atoms with van der Waals surface area (Å²) in [5.41, 5.74) is 10.1. The van der Waals surface area contributed by atoms with Crippen molar-refractivity contribution in [3.05, 3.63) is 46.6 Å². The minimum atomic E-state index is 0.627. The molecule has 102 valence electrons. The van der Waals surface area contributed by atoms with Crippen molar-refractivity contribution in [1.29, 1.82) is 0 Å². The van der Waals surface area contributed by atoms with Crippen LogP contribution in [-0.4, -0.2) is 9.78 Å². The third-order valence-corrected chi connectivity index (χ3v) is 3.74. The van der Waals surface area contributed by atoms with Gasteiger partial charge in [-0.15, -0.1) is 0 Å². The molecular formula is C15H14BrN3O. The molecule has 2 heterocycles. The fourth-order valence-corrected chi connectivity index (χ4v) is 2.58. The summed E-state index contributed by atoms with van der Waals surface area (Å²) in [5, 5.41) is 4.49. The molecule has 0 spiro atoms. The molecule has 4 nitrogen and oxygen atoms in total. The molecule has 2 N–H and O–H groups in total. The predicted molar refractivity (Wildman–Crippen MR) is 83.2 cm³/mol. The van der Waals surface area contributed by atoms with Gasteiger partial charge in [-0.1, -0.05) is 24.3 Å². The summed E-state index contributed by atoms with van der Waals surface area (Å²) in [6.07, 6.45) is 0. The minimum absolute atomic E-state index is 0.627. The first-order valence-corrected chi connectivity index (χ1v) is 7.01. The van der Waals surface area contributed by atoms with Gasteiger partial charge in [-0.05, 0) is 46.1 Å². The van der Waals surface area contributed by atoms with Gasteiger partial charge in [0.2, 0.25) is 0 Å². The van der Waals surface area contributed by atoms with Crippen molar-refractivity contribution < 1.29 is 4.42 Å². The molecule has 3 aromatic rings. The molecule has 0 saturated carbocycles. The van der Waals surface area contributed by atoms with Crippen LogP contribution >= 0.6 is 15.9 Å². The van der Waals surface area contributed by atoms with E-state index in [0.717, 1.165) is 22.4 Å². The first-order valence-electron chi connectivity index (χ1n) is 6.22. The first-order chi connectivity index (χ1) is 9.58. The second-order valence-corrected chi connectivity index (χ2v) is 5.43. The van der Waals surface area contributed by atoms with E-state index in [2.05, 4.69) is 34.0 Å². The summed E-state index contributed by atoms with van der Waals surface area (Å²) in [4.78, 5) is 0. The van der Waals surface area contributed by atoms with Crippen molar-refractivity contribution in [2.45, 2.75) is 6.92 Å². The molecule has 1 aromatic carbocycles. The maximum Gasteiger partial charge on any atom is 0.169 e. The summed E-state index contributed by atoms with van der Waals surface area (Å²) in [5.74, 6) is 1.32. The van der Waals surface area contributed by atoms with E-state index in [0.29, 0.717) is 16.2 Å². The Bertz CT molecular complexity index is 773. The van der Waals surface area contributed by atoms with Crippen molar-refractivity contribution in [3.63, 3.8) is 0 Å². The maximum atomic E-state index is 6.20. The van der Waals surface area contributed by atoms with Crippen LogP contribution in [0.25, 0.3) is 22.6 Å². The second-order valence-electron chi connectivity index (χ2n) is 4.65. The fourth-order valence-electron chi connectivity index (χ4n) is 2.27. The molecule has 0 fully saturated rings. The zero-order valence-corrected chi connectivity index (χ0v) is 12.8. The summed E-state index contributed by atoms with van der Waals surface area (Å²) in [6, 6.07) is 11.8. The van der Waals surface area contributed by atoms with Crippen LogP contribution in [0.1, 0.15) is 5.56 Å². The van der Waals surface area contributed by atoms with Crippen LogP contribution in [-0.2, 0) is 7.05 Å². The van der Waals surface area contributed by atoms with E-state index >= 15 is 0 Å². The molecule has 0 atom stereocenters. The van der Waals surface area contributed by atoms with Crippen molar-refractivity contribution >= 4 is 21.7 Å². The third-order valence-electron chi connectivity index (χ3n) is 3.31. The lowest BCUT2D eigenvalue weighted by atomic mass is 9.99. The molecule has 3 rings (SSSR count). The lowest BCUT2D eigenvalue weighted by molar-refractivity contribution is 0.552. The summed E-state index contributed by atoms with van der Waals surface area (Å²) in [7, 11) is 1.83. The van der Waals surface area contributed by atoms with E-state index in [1.807, 2.05) is 37.4 Å². The van der Waals surface area contributed by atoms with E-state index in [1.165, 1.54) is 0 Å². The number of aromatic nitrogens is 2. The largest absolute Gasteiger partial charge is 0.448 e. The predicted octanol–water partition coefficient (Wildman–Crippen LogP) is 4.00. The summed E-state index contributed by atoms with van der Waals surface area (Å²) >= 11 is 3.32. The molecule has 0 radical (unpaired) electrons. The molecule has 0 bridgehead atoms. The molecule has 0 saturated heterocycles. The monoisotopic (exact) mass is 331 g/mol. The van der Waals surface area contributed by atoms with Gasteiger partial charge in [-0.3, -0.25) is 4.68 Å². The highest BCUT2D eigenvalue weighted by Crippen LogP contribution is 2.38. The summed E-state index contributed by atoms with van der Waals surface area (Å²) < 4.78 is 7.97. The number of furan rings is 1. The minimum Gasteiger partial charge on any atom is -0.448 e. The molecule has 5 heteroatoms. The lowest BCUT2D eigenvalue weighted by Gasteiger charge is -2.06. The van der Waals surface area contributed by atoms with Gasteiger partial charge in [-0.25, -0.2) is 0 Å². The van der Waals surface area contributed by atoms with E-state index in [1.54, 1.807) is 4.68 Å². The maximum absolute atomic E-state index is 6.20. The Labute approximate surface area is 125 Å². The Morgan fingerprint density at radius 3 is 2.60 bits per heavy atom. The standard InChI is InChI=1S/C15H14BrN3O/c1-9-5-3-4-6-10(9)13-14(18-19(2)15(13)17)11-7-8-12(16)20-11/h3-8H,17H2,1-2H3. The Morgan fingerprint density at radius 2 is 1.95 bits per heavy atom. The Morgan fingerprint density at radius 1 is 1.20 bits per heavy atom. The molecule has 0 unspecified atom stereocenters. The molecule has 0 aliphatic carbocycles. The highest BCUT2D eigenvalue weighted by atomic mass is 79.9. The zero-order chi connectivity index (χ0) is 14.3. The zero-order valence-electron chi connectivity index (χ0n) is 11.2. The Hall–Kier alpha value is -2.01. The number of benzene rings is 1. The van der Waals surface area contributed by atoms with Crippen LogP contribution in [0.15, 0.2) is 45.5 Å². The molecular weight excluding hydrogens is 318 g/mol. The number of nitrogens with zero attached hydrogens (tertiary/aromatic N) is 2. The van der Waals surface area contributed by atoms with E-state index < -0.39 is 0 Å². The van der Waals surface area contributed by atoms with Gasteiger partial charge in [0.1, 0.15) is 11.5 Å². The van der Waals surface area contributed by atoms with E-state index in [-0.39, 0.29) is 0 Å². The molecule has 0 aliphatic heterocycles. The van der Waals surface area contributed by atoms with Crippen LogP contribution < -0.4 is 5.73 Å². The van der Waals surface area contributed by atoms with Crippen molar-refractivity contribution in [3.8, 4) is 22.6 Å². The highest BCUT2D eigenvalue weighted by Gasteiger charge is 2.20. The topological polar surface area (TPSA) is 57.0 Å². The van der Waals surface area contributed by atoms with Gasteiger partial charge in [-0.2, -0.15) is 5.10 Å². The van der Waals surface area contributed by atoms with Crippen LogP contribution in [0.3, 0.4) is 0 Å². The lowest BCUT2D eigenvalue weighted by Crippen LogP contribution is -1.98. The van der Waals surface area contributed by atoms with Crippen LogP contribution in [0.2, 0.25) is 0 Å². The SMILES string of the molecule is Cc1ccccc1-c1c(-c2ccc(Br)o2)nn(C)c1N. The van der Waals surface area contributed by atoms with E-state index in [4.69, 9.17) is 10.2 Å². The smallest absolute Gasteiger partial charge is 0.169 e. The summed E-state index contributed by atoms with van der Waals surface area (Å²) in [6.45, 7) is 2.06. The van der Waals surface area contributed by atoms with Crippen LogP contribution in [0.4, 0.5) is 5.82 Å². The van der Waals surface area contributed by atoms with Gasteiger partial charge < -0.3 is 10.2 Å². The number of nitrogen functional groups attached to an aromatic ring is 1. The van der Waals surface area contributed by atoms with Crippen molar-refractivity contribution in [2.24, 2.45) is 7.05 Å². The second kappa shape index (κ2) is 4.83. The Balaban J connectivity index is 2.28. The van der Waals surface area contributed by atoms with Crippen molar-refractivity contribution in [2.75, 3.05) is 5.73 Å². The van der Waals surface area contributed by atoms with Gasteiger partial charge >= 0.3 is 0 Å². The molecule has 0 aliphatic rings. The van der Waals surface area contributed by atoms with Crippen LogP contribution in [0, 0.1) is 6.92 Å². The first kappa shape index (κ1) is 13.0. The number of halogens is 1. The highest BCUT2D eigenvalue weighted by molar-refractivity contribution is 9.10. The van der Waals surface area contributed by atoms with Gasteiger partial charge in [0.15, 0.2) is 10.4 Å². The molecule has 0 amide bonds. The molecule has 20 heavy (non-hydrogen) atoms. The average Bonchev–Trinajstić information content (AvgIpc) is 2.96. The number of anilines is 1. The normalized spacial score (nSPS) is 10.9. The quantitative estimate of drug-likeness (QED) is 0.772. The number of hydrogen-bond donors (Lipinski definition) is 1. The van der Waals surface area contributed by atoms with Crippen LogP contribution in [0.5, 0.6) is 0 Å². The van der Waals surface area contributed by atoms with Crippen molar-refractivity contribution in [1.82, 2.24) is 9.78 Å². The molecule has 2 aromatic heterocycles. The number of hydrogen-bond acceptors (Lipinski definition) is 3. The average molecular weight is 332 g/mol. The van der Waals surface area contributed by atoms with E-state index in [9.17, 15) is 0 Å². The fraction of sp³-hybridized carbons (Fsp3) is 0.133.